The Labute approximate surface area is 182 Å². The lowest BCUT2D eigenvalue weighted by Gasteiger charge is -2.20. The zero-order valence-electron chi connectivity index (χ0n) is 17.9. The van der Waals surface area contributed by atoms with Crippen molar-refractivity contribution >= 4 is 28.5 Å². The van der Waals surface area contributed by atoms with Gasteiger partial charge in [0.05, 0.1) is 6.42 Å². The normalized spacial score (nSPS) is 15.1. The summed E-state index contributed by atoms with van der Waals surface area (Å²) in [7, 11) is 0. The molecule has 1 unspecified atom stereocenters. The third kappa shape index (κ3) is 5.73. The van der Waals surface area contributed by atoms with E-state index in [2.05, 4.69) is 22.5 Å². The fourth-order valence-corrected chi connectivity index (χ4v) is 4.00. The zero-order chi connectivity index (χ0) is 21.6. The number of rotatable bonds is 8. The van der Waals surface area contributed by atoms with Crippen LogP contribution in [0.15, 0.2) is 59.0 Å². The van der Waals surface area contributed by atoms with E-state index in [1.165, 1.54) is 25.9 Å². The maximum Gasteiger partial charge on any atom is 0.291 e. The first-order valence-electron chi connectivity index (χ1n) is 10.9. The molecule has 162 valence electrons. The molecule has 1 aliphatic heterocycles. The Morgan fingerprint density at radius 1 is 1.06 bits per heavy atom. The van der Waals surface area contributed by atoms with E-state index in [4.69, 9.17) is 4.42 Å². The number of carbonyl (C=O) groups excluding carboxylic acids is 2. The Kier molecular flexibility index (Phi) is 6.67. The summed E-state index contributed by atoms with van der Waals surface area (Å²) < 4.78 is 5.60. The average Bonchev–Trinajstić information content (AvgIpc) is 3.43. The molecular weight excluding hydrogens is 390 g/mol. The van der Waals surface area contributed by atoms with Gasteiger partial charge in [0.25, 0.3) is 5.91 Å². The Bertz CT molecular complexity index is 1000. The van der Waals surface area contributed by atoms with Gasteiger partial charge in [-0.3, -0.25) is 9.59 Å². The van der Waals surface area contributed by atoms with Crippen LogP contribution in [0.1, 0.15) is 35.9 Å². The maximum atomic E-state index is 12.4. The van der Waals surface area contributed by atoms with E-state index >= 15 is 0 Å². The van der Waals surface area contributed by atoms with Crippen molar-refractivity contribution in [2.24, 2.45) is 5.92 Å². The highest BCUT2D eigenvalue weighted by Gasteiger charge is 2.15. The van der Waals surface area contributed by atoms with Gasteiger partial charge in [-0.1, -0.05) is 37.3 Å². The molecule has 1 atom stereocenters. The standard InChI is InChI=1S/C25H29N3O3/c1-18(17-28-12-4-5-13-28)16-26-24(29)14-19-8-10-21(11-9-19)27-25(30)23-15-20-6-2-3-7-22(20)31-23/h2-3,6-11,15,18H,4-5,12-14,16-17H2,1H3,(H,26,29)(H,27,30). The lowest BCUT2D eigenvalue weighted by atomic mass is 10.1. The largest absolute Gasteiger partial charge is 0.451 e. The molecule has 2 N–H and O–H groups in total. The molecular formula is C25H29N3O3. The van der Waals surface area contributed by atoms with E-state index < -0.39 is 0 Å². The summed E-state index contributed by atoms with van der Waals surface area (Å²) in [6, 6.07) is 16.6. The van der Waals surface area contributed by atoms with Crippen LogP contribution in [-0.4, -0.2) is 42.9 Å². The number of benzene rings is 2. The maximum absolute atomic E-state index is 12.4. The molecule has 31 heavy (non-hydrogen) atoms. The molecule has 0 saturated carbocycles. The summed E-state index contributed by atoms with van der Waals surface area (Å²) >= 11 is 0. The van der Waals surface area contributed by atoms with E-state index in [-0.39, 0.29) is 17.6 Å². The van der Waals surface area contributed by atoms with E-state index in [0.29, 0.717) is 30.2 Å². The Hall–Kier alpha value is -3.12. The quantitative estimate of drug-likeness (QED) is 0.577. The van der Waals surface area contributed by atoms with Crippen molar-refractivity contribution in [1.82, 2.24) is 10.2 Å². The molecule has 1 saturated heterocycles. The first-order chi connectivity index (χ1) is 15.1. The van der Waals surface area contributed by atoms with Gasteiger partial charge in [0.15, 0.2) is 5.76 Å². The van der Waals surface area contributed by atoms with Gasteiger partial charge in [-0.25, -0.2) is 0 Å². The summed E-state index contributed by atoms with van der Waals surface area (Å²) in [6.07, 6.45) is 2.90. The summed E-state index contributed by atoms with van der Waals surface area (Å²) in [5.74, 6) is 0.437. The molecule has 2 heterocycles. The van der Waals surface area contributed by atoms with Gasteiger partial charge in [-0.15, -0.1) is 0 Å². The zero-order valence-corrected chi connectivity index (χ0v) is 17.9. The topological polar surface area (TPSA) is 74.6 Å². The molecule has 2 amide bonds. The monoisotopic (exact) mass is 419 g/mol. The van der Waals surface area contributed by atoms with Crippen LogP contribution in [0.5, 0.6) is 0 Å². The molecule has 1 fully saturated rings. The molecule has 0 aliphatic carbocycles. The summed E-state index contributed by atoms with van der Waals surface area (Å²) in [4.78, 5) is 27.2. The Balaban J connectivity index is 1.24. The highest BCUT2D eigenvalue weighted by atomic mass is 16.3. The van der Waals surface area contributed by atoms with E-state index in [9.17, 15) is 9.59 Å². The van der Waals surface area contributed by atoms with Crippen LogP contribution in [0.4, 0.5) is 5.69 Å². The van der Waals surface area contributed by atoms with Crippen LogP contribution < -0.4 is 10.6 Å². The minimum atomic E-state index is -0.298. The number of hydrogen-bond donors (Lipinski definition) is 2. The predicted octanol–water partition coefficient (Wildman–Crippen LogP) is 4.08. The molecule has 6 heteroatoms. The van der Waals surface area contributed by atoms with Gasteiger partial charge >= 0.3 is 0 Å². The fraction of sp³-hybridized carbons (Fsp3) is 0.360. The number of nitrogens with one attached hydrogen (secondary N) is 2. The smallest absolute Gasteiger partial charge is 0.291 e. The second-order valence-corrected chi connectivity index (χ2v) is 8.39. The third-order valence-corrected chi connectivity index (χ3v) is 5.64. The van der Waals surface area contributed by atoms with Crippen LogP contribution in [0, 0.1) is 5.92 Å². The van der Waals surface area contributed by atoms with Crippen molar-refractivity contribution in [1.29, 1.82) is 0 Å². The van der Waals surface area contributed by atoms with Crippen molar-refractivity contribution in [3.8, 4) is 0 Å². The molecule has 1 aliphatic rings. The number of furan rings is 1. The number of fused-ring (bicyclic) bond motifs is 1. The highest BCUT2D eigenvalue weighted by molar-refractivity contribution is 6.04. The number of amides is 2. The molecule has 3 aromatic rings. The van der Waals surface area contributed by atoms with Crippen LogP contribution in [0.3, 0.4) is 0 Å². The fourth-order valence-electron chi connectivity index (χ4n) is 4.00. The SMILES string of the molecule is CC(CNC(=O)Cc1ccc(NC(=O)c2cc3ccccc3o2)cc1)CN1CCCC1. The number of para-hydroxylation sites is 1. The number of nitrogens with zero attached hydrogens (tertiary/aromatic N) is 1. The number of anilines is 1. The van der Waals surface area contributed by atoms with Crippen LogP contribution in [-0.2, 0) is 11.2 Å². The predicted molar refractivity (Wildman–Crippen MR) is 122 cm³/mol. The van der Waals surface area contributed by atoms with E-state index in [1.54, 1.807) is 18.2 Å². The van der Waals surface area contributed by atoms with Gasteiger partial charge in [0.2, 0.25) is 5.91 Å². The number of carbonyl (C=O) groups is 2. The second-order valence-electron chi connectivity index (χ2n) is 8.39. The lowest BCUT2D eigenvalue weighted by Crippen LogP contribution is -2.35. The van der Waals surface area contributed by atoms with Crippen molar-refractivity contribution in [3.05, 3.63) is 65.9 Å². The van der Waals surface area contributed by atoms with Crippen molar-refractivity contribution < 1.29 is 14.0 Å². The molecule has 6 nitrogen and oxygen atoms in total. The minimum absolute atomic E-state index is 0.0207. The summed E-state index contributed by atoms with van der Waals surface area (Å²) in [5.41, 5.74) is 2.25. The average molecular weight is 420 g/mol. The molecule has 1 aromatic heterocycles. The van der Waals surface area contributed by atoms with Gasteiger partial charge < -0.3 is 20.0 Å². The number of hydrogen-bond acceptors (Lipinski definition) is 4. The van der Waals surface area contributed by atoms with E-state index in [1.807, 2.05) is 36.4 Å². The molecule has 0 radical (unpaired) electrons. The van der Waals surface area contributed by atoms with Crippen molar-refractivity contribution in [2.45, 2.75) is 26.2 Å². The second kappa shape index (κ2) is 9.79. The molecule has 0 bridgehead atoms. The Morgan fingerprint density at radius 3 is 2.55 bits per heavy atom. The first-order valence-corrected chi connectivity index (χ1v) is 10.9. The lowest BCUT2D eigenvalue weighted by molar-refractivity contribution is -0.120. The summed E-state index contributed by atoms with van der Waals surface area (Å²) in [6.45, 7) is 6.27. The summed E-state index contributed by atoms with van der Waals surface area (Å²) in [5, 5.41) is 6.77. The van der Waals surface area contributed by atoms with E-state index in [0.717, 1.165) is 17.5 Å². The van der Waals surface area contributed by atoms with Gasteiger partial charge in [0, 0.05) is 24.2 Å². The third-order valence-electron chi connectivity index (χ3n) is 5.64. The molecule has 0 spiro atoms. The van der Waals surface area contributed by atoms with Crippen LogP contribution in [0.25, 0.3) is 11.0 Å². The minimum Gasteiger partial charge on any atom is -0.451 e. The van der Waals surface area contributed by atoms with Gasteiger partial charge in [-0.05, 0) is 61.7 Å². The highest BCUT2D eigenvalue weighted by Crippen LogP contribution is 2.20. The molecule has 4 rings (SSSR count). The van der Waals surface area contributed by atoms with Gasteiger partial charge in [-0.2, -0.15) is 0 Å². The van der Waals surface area contributed by atoms with Crippen LogP contribution in [0.2, 0.25) is 0 Å². The number of likely N-dealkylation sites (tertiary alicyclic amines) is 1. The molecule has 2 aromatic carbocycles. The van der Waals surface area contributed by atoms with Crippen molar-refractivity contribution in [2.75, 3.05) is 31.5 Å². The van der Waals surface area contributed by atoms with Crippen molar-refractivity contribution in [3.63, 3.8) is 0 Å². The Morgan fingerprint density at radius 2 is 1.81 bits per heavy atom. The van der Waals surface area contributed by atoms with Gasteiger partial charge in [0.1, 0.15) is 5.58 Å². The van der Waals surface area contributed by atoms with Crippen LogP contribution >= 0.6 is 0 Å². The first kappa shape index (κ1) is 21.1.